The molecular weight excluding hydrogens is 254 g/mol. The summed E-state index contributed by atoms with van der Waals surface area (Å²) in [5.74, 6) is 1.42. The van der Waals surface area contributed by atoms with Gasteiger partial charge in [-0.2, -0.15) is 0 Å². The van der Waals surface area contributed by atoms with Crippen molar-refractivity contribution in [2.24, 2.45) is 5.92 Å². The summed E-state index contributed by atoms with van der Waals surface area (Å²) in [4.78, 5) is 15.4. The molecule has 0 aliphatic rings. The fraction of sp³-hybridized carbons (Fsp3) is 0.600. The lowest BCUT2D eigenvalue weighted by Crippen LogP contribution is -2.19. The first kappa shape index (κ1) is 16.4. The fourth-order valence-corrected chi connectivity index (χ4v) is 1.64. The van der Waals surface area contributed by atoms with E-state index in [1.165, 1.54) is 0 Å². The zero-order valence-electron chi connectivity index (χ0n) is 12.6. The molecule has 1 amide bonds. The van der Waals surface area contributed by atoms with Crippen LogP contribution in [-0.2, 0) is 11.3 Å². The molecular formula is C15H25N3O2. The standard InChI is InChI=1S/C15H25N3O2/c1-12(2)9-17-10-13-6-7-14(11-18-13)20-8-4-5-15(19)16-3/h6-7,11-12,17H,4-5,8-10H2,1-3H3,(H,16,19). The maximum Gasteiger partial charge on any atom is 0.219 e. The van der Waals surface area contributed by atoms with E-state index in [1.54, 1.807) is 13.2 Å². The highest BCUT2D eigenvalue weighted by Gasteiger charge is 2.00. The van der Waals surface area contributed by atoms with Gasteiger partial charge in [0.2, 0.25) is 5.91 Å². The molecule has 0 aliphatic carbocycles. The number of aromatic nitrogens is 1. The van der Waals surface area contributed by atoms with Crippen molar-refractivity contribution >= 4 is 5.91 Å². The van der Waals surface area contributed by atoms with Crippen LogP contribution in [0.5, 0.6) is 5.75 Å². The monoisotopic (exact) mass is 279 g/mol. The van der Waals surface area contributed by atoms with E-state index in [0.29, 0.717) is 25.4 Å². The van der Waals surface area contributed by atoms with Crippen molar-refractivity contribution in [3.63, 3.8) is 0 Å². The highest BCUT2D eigenvalue weighted by Crippen LogP contribution is 2.09. The maximum atomic E-state index is 11.0. The second-order valence-electron chi connectivity index (χ2n) is 5.14. The van der Waals surface area contributed by atoms with Crippen molar-refractivity contribution in [1.29, 1.82) is 0 Å². The van der Waals surface area contributed by atoms with E-state index in [9.17, 15) is 4.79 Å². The summed E-state index contributed by atoms with van der Waals surface area (Å²) in [5, 5.41) is 5.93. The number of hydrogen-bond acceptors (Lipinski definition) is 4. The maximum absolute atomic E-state index is 11.0. The minimum absolute atomic E-state index is 0.0401. The Morgan fingerprint density at radius 2 is 2.20 bits per heavy atom. The van der Waals surface area contributed by atoms with E-state index in [4.69, 9.17) is 4.74 Å². The molecule has 2 N–H and O–H groups in total. The van der Waals surface area contributed by atoms with Gasteiger partial charge in [-0.25, -0.2) is 0 Å². The van der Waals surface area contributed by atoms with E-state index in [2.05, 4.69) is 29.5 Å². The van der Waals surface area contributed by atoms with E-state index >= 15 is 0 Å². The van der Waals surface area contributed by atoms with Gasteiger partial charge in [0.25, 0.3) is 0 Å². The van der Waals surface area contributed by atoms with Crippen molar-refractivity contribution in [1.82, 2.24) is 15.6 Å². The van der Waals surface area contributed by atoms with E-state index in [1.807, 2.05) is 12.1 Å². The van der Waals surface area contributed by atoms with Crippen LogP contribution in [0.25, 0.3) is 0 Å². The van der Waals surface area contributed by atoms with Crippen molar-refractivity contribution in [3.8, 4) is 5.75 Å². The molecule has 0 aromatic carbocycles. The SMILES string of the molecule is CNC(=O)CCCOc1ccc(CNCC(C)C)nc1. The molecule has 1 aromatic heterocycles. The van der Waals surface area contributed by atoms with Gasteiger partial charge in [0.15, 0.2) is 0 Å². The smallest absolute Gasteiger partial charge is 0.219 e. The molecule has 5 nitrogen and oxygen atoms in total. The number of nitrogens with zero attached hydrogens (tertiary/aromatic N) is 1. The topological polar surface area (TPSA) is 63.2 Å². The van der Waals surface area contributed by atoms with Gasteiger partial charge in [-0.1, -0.05) is 13.8 Å². The molecule has 112 valence electrons. The Balaban J connectivity index is 2.23. The van der Waals surface area contributed by atoms with Crippen LogP contribution < -0.4 is 15.4 Å². The molecule has 20 heavy (non-hydrogen) atoms. The first-order chi connectivity index (χ1) is 9.61. The Kier molecular flexibility index (Phi) is 7.65. The second-order valence-corrected chi connectivity index (χ2v) is 5.14. The zero-order valence-corrected chi connectivity index (χ0v) is 12.6. The summed E-state index contributed by atoms with van der Waals surface area (Å²) in [6.07, 6.45) is 2.92. The highest BCUT2D eigenvalue weighted by molar-refractivity contribution is 5.75. The van der Waals surface area contributed by atoms with Gasteiger partial charge in [0.05, 0.1) is 18.5 Å². The first-order valence-electron chi connectivity index (χ1n) is 7.11. The van der Waals surface area contributed by atoms with Crippen LogP contribution in [0.15, 0.2) is 18.3 Å². The quantitative estimate of drug-likeness (QED) is 0.676. The van der Waals surface area contributed by atoms with Crippen molar-refractivity contribution in [3.05, 3.63) is 24.0 Å². The third-order valence-corrected chi connectivity index (χ3v) is 2.75. The summed E-state index contributed by atoms with van der Waals surface area (Å²) in [7, 11) is 1.64. The lowest BCUT2D eigenvalue weighted by atomic mass is 10.2. The van der Waals surface area contributed by atoms with E-state index < -0.39 is 0 Å². The molecule has 1 rings (SSSR count). The molecule has 1 heterocycles. The second kappa shape index (κ2) is 9.31. The van der Waals surface area contributed by atoms with E-state index in [0.717, 1.165) is 24.5 Å². The van der Waals surface area contributed by atoms with Gasteiger partial charge in [-0.3, -0.25) is 9.78 Å². The van der Waals surface area contributed by atoms with Gasteiger partial charge >= 0.3 is 0 Å². The minimum Gasteiger partial charge on any atom is -0.492 e. The van der Waals surface area contributed by atoms with Crippen molar-refractivity contribution in [2.75, 3.05) is 20.2 Å². The van der Waals surface area contributed by atoms with Crippen molar-refractivity contribution < 1.29 is 9.53 Å². The van der Waals surface area contributed by atoms with E-state index in [-0.39, 0.29) is 5.91 Å². The molecule has 0 bridgehead atoms. The van der Waals surface area contributed by atoms with Gasteiger partial charge < -0.3 is 15.4 Å². The van der Waals surface area contributed by atoms with Crippen LogP contribution in [0.4, 0.5) is 0 Å². The molecule has 0 unspecified atom stereocenters. The average Bonchev–Trinajstić information content (AvgIpc) is 2.44. The van der Waals surface area contributed by atoms with Gasteiger partial charge in [-0.05, 0) is 31.0 Å². The summed E-state index contributed by atoms with van der Waals surface area (Å²) in [6, 6.07) is 3.88. The third kappa shape index (κ3) is 7.09. The summed E-state index contributed by atoms with van der Waals surface area (Å²) in [5.41, 5.74) is 1.00. The number of ether oxygens (including phenoxy) is 1. The lowest BCUT2D eigenvalue weighted by molar-refractivity contribution is -0.120. The first-order valence-corrected chi connectivity index (χ1v) is 7.11. The van der Waals surface area contributed by atoms with Crippen LogP contribution in [-0.4, -0.2) is 31.1 Å². The number of nitrogens with one attached hydrogen (secondary N) is 2. The molecule has 0 saturated heterocycles. The molecule has 0 saturated carbocycles. The number of hydrogen-bond donors (Lipinski definition) is 2. The highest BCUT2D eigenvalue weighted by atomic mass is 16.5. The van der Waals surface area contributed by atoms with Crippen LogP contribution >= 0.6 is 0 Å². The Bertz CT molecular complexity index is 391. The molecule has 0 radical (unpaired) electrons. The zero-order chi connectivity index (χ0) is 14.8. The van der Waals surface area contributed by atoms with Crippen LogP contribution in [0.2, 0.25) is 0 Å². The number of carbonyl (C=O) groups excluding carboxylic acids is 1. The minimum atomic E-state index is 0.0401. The molecule has 0 fully saturated rings. The number of rotatable bonds is 9. The molecule has 0 spiro atoms. The molecule has 0 atom stereocenters. The number of amides is 1. The largest absolute Gasteiger partial charge is 0.492 e. The fourth-order valence-electron chi connectivity index (χ4n) is 1.64. The number of carbonyl (C=O) groups is 1. The summed E-state index contributed by atoms with van der Waals surface area (Å²) in [6.45, 7) is 6.64. The predicted molar refractivity (Wildman–Crippen MR) is 79.6 cm³/mol. The van der Waals surface area contributed by atoms with Gasteiger partial charge in [-0.15, -0.1) is 0 Å². The Morgan fingerprint density at radius 1 is 1.40 bits per heavy atom. The Labute approximate surface area is 121 Å². The third-order valence-electron chi connectivity index (χ3n) is 2.75. The summed E-state index contributed by atoms with van der Waals surface area (Å²) < 4.78 is 5.54. The Hall–Kier alpha value is -1.62. The summed E-state index contributed by atoms with van der Waals surface area (Å²) >= 11 is 0. The Morgan fingerprint density at radius 3 is 2.80 bits per heavy atom. The molecule has 0 aliphatic heterocycles. The van der Waals surface area contributed by atoms with Gasteiger partial charge in [0, 0.05) is 20.0 Å². The lowest BCUT2D eigenvalue weighted by Gasteiger charge is -2.08. The molecule has 1 aromatic rings. The molecule has 5 heteroatoms. The van der Waals surface area contributed by atoms with Crippen molar-refractivity contribution in [2.45, 2.75) is 33.2 Å². The van der Waals surface area contributed by atoms with Crippen LogP contribution in [0.1, 0.15) is 32.4 Å². The predicted octanol–water partition coefficient (Wildman–Crippen LogP) is 1.73. The van der Waals surface area contributed by atoms with Crippen LogP contribution in [0.3, 0.4) is 0 Å². The van der Waals surface area contributed by atoms with Crippen LogP contribution in [0, 0.1) is 5.92 Å². The van der Waals surface area contributed by atoms with Gasteiger partial charge in [0.1, 0.15) is 5.75 Å². The normalized spacial score (nSPS) is 10.6. The number of pyridine rings is 1. The average molecular weight is 279 g/mol.